The standard InChI is InChI=1S/C21H31N5O3/c1-13-4-3-5-15(22-13)11-19(27)23-18-12-17(25-26-18)14-6-7-16(10-14)29-20(28)24-21(2)8-9-21/h3-5,14,16-18,25-26H,6-12H2,1-2H3,(H,23,27)(H,24,28)/t14-,16+,17?,18?/m0/s1. The number of hydrogen-bond donors (Lipinski definition) is 4. The molecule has 8 heteroatoms. The summed E-state index contributed by atoms with van der Waals surface area (Å²) in [5.41, 5.74) is 8.13. The van der Waals surface area contributed by atoms with E-state index in [0.717, 1.165) is 49.9 Å². The van der Waals surface area contributed by atoms with Crippen LogP contribution in [0.1, 0.15) is 56.8 Å². The molecule has 3 fully saturated rings. The average molecular weight is 402 g/mol. The molecule has 4 atom stereocenters. The van der Waals surface area contributed by atoms with Gasteiger partial charge in [-0.3, -0.25) is 15.2 Å². The molecule has 158 valence electrons. The number of rotatable bonds is 6. The first-order chi connectivity index (χ1) is 13.9. The lowest BCUT2D eigenvalue weighted by Gasteiger charge is -2.19. The molecule has 2 amide bonds. The Morgan fingerprint density at radius 2 is 2.07 bits per heavy atom. The largest absolute Gasteiger partial charge is 0.446 e. The number of hydrogen-bond acceptors (Lipinski definition) is 6. The first kappa shape index (κ1) is 20.1. The van der Waals surface area contributed by atoms with Crippen LogP contribution in [-0.2, 0) is 16.0 Å². The molecule has 0 radical (unpaired) electrons. The first-order valence-corrected chi connectivity index (χ1v) is 10.6. The molecule has 1 aromatic heterocycles. The minimum absolute atomic E-state index is 0.0230. The van der Waals surface area contributed by atoms with Crippen LogP contribution < -0.4 is 21.5 Å². The smallest absolute Gasteiger partial charge is 0.407 e. The topological polar surface area (TPSA) is 104 Å². The maximum atomic E-state index is 12.3. The van der Waals surface area contributed by atoms with Crippen molar-refractivity contribution in [3.05, 3.63) is 29.6 Å². The fourth-order valence-corrected chi connectivity index (χ4v) is 4.28. The van der Waals surface area contributed by atoms with Crippen molar-refractivity contribution in [2.45, 2.75) is 82.6 Å². The molecule has 1 aromatic rings. The van der Waals surface area contributed by atoms with Gasteiger partial charge in [0.1, 0.15) is 6.10 Å². The summed E-state index contributed by atoms with van der Waals surface area (Å²) in [7, 11) is 0. The Morgan fingerprint density at radius 1 is 1.24 bits per heavy atom. The van der Waals surface area contributed by atoms with Gasteiger partial charge < -0.3 is 15.4 Å². The summed E-state index contributed by atoms with van der Waals surface area (Å²) in [5.74, 6) is 0.387. The Kier molecular flexibility index (Phi) is 5.74. The summed E-state index contributed by atoms with van der Waals surface area (Å²) in [6, 6.07) is 5.96. The van der Waals surface area contributed by atoms with E-state index in [2.05, 4.69) is 26.5 Å². The Hall–Kier alpha value is -2.19. The van der Waals surface area contributed by atoms with E-state index in [4.69, 9.17) is 4.74 Å². The molecule has 0 aromatic carbocycles. The van der Waals surface area contributed by atoms with Crippen LogP contribution in [0.15, 0.2) is 18.2 Å². The highest BCUT2D eigenvalue weighted by Crippen LogP contribution is 2.36. The second-order valence-corrected chi connectivity index (χ2v) is 8.98. The lowest BCUT2D eigenvalue weighted by molar-refractivity contribution is -0.121. The highest BCUT2D eigenvalue weighted by atomic mass is 16.6. The van der Waals surface area contributed by atoms with Crippen molar-refractivity contribution < 1.29 is 14.3 Å². The molecule has 2 aliphatic carbocycles. The summed E-state index contributed by atoms with van der Waals surface area (Å²) in [6.07, 6.45) is 5.50. The number of nitrogens with one attached hydrogen (secondary N) is 4. The van der Waals surface area contributed by atoms with Crippen LogP contribution in [0.2, 0.25) is 0 Å². The number of ether oxygens (including phenoxy) is 1. The summed E-state index contributed by atoms with van der Waals surface area (Å²) < 4.78 is 5.61. The first-order valence-electron chi connectivity index (χ1n) is 10.6. The van der Waals surface area contributed by atoms with Crippen LogP contribution in [0.4, 0.5) is 4.79 Å². The Balaban J connectivity index is 1.19. The van der Waals surface area contributed by atoms with E-state index in [9.17, 15) is 9.59 Å². The molecule has 8 nitrogen and oxygen atoms in total. The van der Waals surface area contributed by atoms with Gasteiger partial charge in [0.05, 0.1) is 12.6 Å². The van der Waals surface area contributed by atoms with Gasteiger partial charge in [-0.15, -0.1) is 0 Å². The van der Waals surface area contributed by atoms with E-state index in [0.29, 0.717) is 5.92 Å². The van der Waals surface area contributed by atoms with Crippen LogP contribution in [-0.4, -0.2) is 40.8 Å². The molecular weight excluding hydrogens is 370 g/mol. The van der Waals surface area contributed by atoms with Gasteiger partial charge in [0.2, 0.25) is 5.91 Å². The van der Waals surface area contributed by atoms with Crippen LogP contribution in [0.25, 0.3) is 0 Å². The van der Waals surface area contributed by atoms with E-state index in [1.165, 1.54) is 0 Å². The van der Waals surface area contributed by atoms with Gasteiger partial charge in [-0.25, -0.2) is 10.2 Å². The molecule has 3 aliphatic rings. The molecule has 2 heterocycles. The van der Waals surface area contributed by atoms with Gasteiger partial charge in [-0.1, -0.05) is 6.07 Å². The SMILES string of the molecule is Cc1cccc(CC(=O)NC2CC([C@H]3CC[C@@H](OC(=O)NC4(C)CC4)C3)NN2)n1. The quantitative estimate of drug-likeness (QED) is 0.578. The third-order valence-electron chi connectivity index (χ3n) is 6.23. The van der Waals surface area contributed by atoms with Crippen molar-refractivity contribution in [3.8, 4) is 0 Å². The van der Waals surface area contributed by atoms with E-state index >= 15 is 0 Å². The number of hydrazine groups is 1. The van der Waals surface area contributed by atoms with Crippen molar-refractivity contribution in [3.63, 3.8) is 0 Å². The second-order valence-electron chi connectivity index (χ2n) is 8.98. The van der Waals surface area contributed by atoms with Crippen molar-refractivity contribution in [2.24, 2.45) is 5.92 Å². The number of aryl methyl sites for hydroxylation is 1. The molecule has 1 saturated heterocycles. The van der Waals surface area contributed by atoms with E-state index in [-0.39, 0.29) is 42.3 Å². The number of carbonyl (C=O) groups excluding carboxylic acids is 2. The molecule has 29 heavy (non-hydrogen) atoms. The van der Waals surface area contributed by atoms with E-state index in [1.807, 2.05) is 32.0 Å². The summed E-state index contributed by atoms with van der Waals surface area (Å²) >= 11 is 0. The van der Waals surface area contributed by atoms with Crippen molar-refractivity contribution in [2.75, 3.05) is 0 Å². The van der Waals surface area contributed by atoms with Gasteiger partial charge >= 0.3 is 6.09 Å². The molecule has 2 unspecified atom stereocenters. The second kappa shape index (κ2) is 8.28. The monoisotopic (exact) mass is 401 g/mol. The maximum Gasteiger partial charge on any atom is 0.407 e. The number of carbonyl (C=O) groups is 2. The zero-order valence-electron chi connectivity index (χ0n) is 17.2. The van der Waals surface area contributed by atoms with Crippen LogP contribution >= 0.6 is 0 Å². The Bertz CT molecular complexity index is 766. The minimum atomic E-state index is -0.289. The third kappa shape index (κ3) is 5.45. The summed E-state index contributed by atoms with van der Waals surface area (Å²) in [6.45, 7) is 3.96. The number of amides is 2. The van der Waals surface area contributed by atoms with E-state index < -0.39 is 0 Å². The van der Waals surface area contributed by atoms with E-state index in [1.54, 1.807) is 0 Å². The molecule has 2 saturated carbocycles. The predicted molar refractivity (Wildman–Crippen MR) is 108 cm³/mol. The molecule has 0 bridgehead atoms. The summed E-state index contributed by atoms with van der Waals surface area (Å²) in [5, 5.41) is 5.98. The number of alkyl carbamates (subject to hydrolysis) is 1. The normalized spacial score (nSPS) is 30.0. The molecule has 1 aliphatic heterocycles. The summed E-state index contributed by atoms with van der Waals surface area (Å²) in [4.78, 5) is 28.7. The van der Waals surface area contributed by atoms with Crippen molar-refractivity contribution in [1.82, 2.24) is 26.5 Å². The highest BCUT2D eigenvalue weighted by molar-refractivity contribution is 5.78. The molecule has 0 spiro atoms. The van der Waals surface area contributed by atoms with Crippen molar-refractivity contribution >= 4 is 12.0 Å². The van der Waals surface area contributed by atoms with Crippen molar-refractivity contribution in [1.29, 1.82) is 0 Å². The predicted octanol–water partition coefficient (Wildman–Crippen LogP) is 1.69. The van der Waals surface area contributed by atoms with Gasteiger partial charge in [0, 0.05) is 23.0 Å². The minimum Gasteiger partial charge on any atom is -0.446 e. The van der Waals surface area contributed by atoms with Crippen LogP contribution in [0, 0.1) is 12.8 Å². The molecule has 4 N–H and O–H groups in total. The molecule has 4 rings (SSSR count). The van der Waals surface area contributed by atoms with Gasteiger partial charge in [-0.2, -0.15) is 0 Å². The van der Waals surface area contributed by atoms with Gasteiger partial charge in [0.15, 0.2) is 0 Å². The Labute approximate surface area is 171 Å². The lowest BCUT2D eigenvalue weighted by atomic mass is 9.96. The molecular formula is C21H31N5O3. The van der Waals surface area contributed by atoms with Crippen LogP contribution in [0.3, 0.4) is 0 Å². The highest BCUT2D eigenvalue weighted by Gasteiger charge is 2.41. The average Bonchev–Trinajstić information content (AvgIpc) is 3.05. The fraction of sp³-hybridized carbons (Fsp3) is 0.667. The van der Waals surface area contributed by atoms with Gasteiger partial charge in [0.25, 0.3) is 0 Å². The number of aromatic nitrogens is 1. The third-order valence-corrected chi connectivity index (χ3v) is 6.23. The number of pyridine rings is 1. The lowest BCUT2D eigenvalue weighted by Crippen LogP contribution is -2.45. The number of nitrogens with zero attached hydrogens (tertiary/aromatic N) is 1. The Morgan fingerprint density at radius 3 is 2.83 bits per heavy atom. The van der Waals surface area contributed by atoms with Crippen LogP contribution in [0.5, 0.6) is 0 Å². The zero-order chi connectivity index (χ0) is 20.4. The van der Waals surface area contributed by atoms with Gasteiger partial charge in [-0.05, 0) is 70.4 Å². The fourth-order valence-electron chi connectivity index (χ4n) is 4.28. The zero-order valence-corrected chi connectivity index (χ0v) is 17.2. The maximum absolute atomic E-state index is 12.3.